The number of carbonyl (C=O) groups is 1. The summed E-state index contributed by atoms with van der Waals surface area (Å²) in [7, 11) is -0.786. The molecule has 26 heavy (non-hydrogen) atoms. The quantitative estimate of drug-likeness (QED) is 0.494. The van der Waals surface area contributed by atoms with E-state index in [2.05, 4.69) is 15.0 Å². The number of benzene rings is 1. The van der Waals surface area contributed by atoms with Crippen molar-refractivity contribution in [3.8, 4) is 6.07 Å². The van der Waals surface area contributed by atoms with Crippen molar-refractivity contribution < 1.29 is 22.7 Å². The van der Waals surface area contributed by atoms with Crippen molar-refractivity contribution in [3.05, 3.63) is 35.9 Å². The van der Waals surface area contributed by atoms with Crippen LogP contribution in [-0.2, 0) is 9.53 Å². The normalized spacial score (nSPS) is 22.8. The predicted molar refractivity (Wildman–Crippen MR) is 94.6 cm³/mol. The molecule has 0 aromatic heterocycles. The van der Waals surface area contributed by atoms with E-state index in [0.29, 0.717) is 6.08 Å². The molecule has 9 heteroatoms. The molecule has 138 valence electrons. The average Bonchev–Trinajstić information content (AvgIpc) is 2.57. The number of nitrogens with zero attached hydrogens (tertiary/aromatic N) is 2. The number of methoxy groups -OCH3 is 1. The van der Waals surface area contributed by atoms with Crippen molar-refractivity contribution in [3.63, 3.8) is 0 Å². The summed E-state index contributed by atoms with van der Waals surface area (Å²) in [5.41, 5.74) is -1.10. The number of alkyl halides is 1. The second-order valence-corrected chi connectivity index (χ2v) is 11.9. The van der Waals surface area contributed by atoms with Crippen molar-refractivity contribution in [1.82, 2.24) is 0 Å². The van der Waals surface area contributed by atoms with Crippen LogP contribution in [0.25, 0.3) is 0 Å². The fraction of sp³-hybridized carbons (Fsp3) is 0.353. The van der Waals surface area contributed by atoms with Gasteiger partial charge in [0, 0.05) is 0 Å². The van der Waals surface area contributed by atoms with Gasteiger partial charge in [0.2, 0.25) is 0 Å². The summed E-state index contributed by atoms with van der Waals surface area (Å²) in [6.45, 7) is 6.07. The third-order valence-electron chi connectivity index (χ3n) is 3.93. The standard InChI is InChI=1S/C17H18F3N3O2Si/c1-25-16(24)11-8-13(19)15(9-21)23-17(11,20)22-14-6-5-10(7-12(14)18)26(2,3)4/h5-8,11,22H,1-4H3. The van der Waals surface area contributed by atoms with Gasteiger partial charge in [-0.1, -0.05) is 30.9 Å². The highest BCUT2D eigenvalue weighted by Crippen LogP contribution is 2.34. The highest BCUT2D eigenvalue weighted by molar-refractivity contribution is 6.88. The number of nitrogens with one attached hydrogen (secondary N) is 1. The van der Waals surface area contributed by atoms with Crippen LogP contribution in [0.1, 0.15) is 0 Å². The number of rotatable bonds is 4. The summed E-state index contributed by atoms with van der Waals surface area (Å²) < 4.78 is 48.1. The van der Waals surface area contributed by atoms with Gasteiger partial charge < -0.3 is 10.1 Å². The molecule has 1 aromatic carbocycles. The number of carbonyl (C=O) groups excluding carboxylic acids is 1. The summed E-state index contributed by atoms with van der Waals surface area (Å²) in [5, 5.41) is 11.9. The van der Waals surface area contributed by atoms with Crippen LogP contribution < -0.4 is 10.5 Å². The molecule has 0 fully saturated rings. The summed E-state index contributed by atoms with van der Waals surface area (Å²) in [6, 6.07) is 5.68. The number of nitriles is 1. The molecule has 0 saturated heterocycles. The van der Waals surface area contributed by atoms with Crippen LogP contribution >= 0.6 is 0 Å². The fourth-order valence-electron chi connectivity index (χ4n) is 2.43. The van der Waals surface area contributed by atoms with Crippen molar-refractivity contribution in [2.75, 3.05) is 12.4 Å². The zero-order valence-electron chi connectivity index (χ0n) is 14.7. The van der Waals surface area contributed by atoms with Crippen LogP contribution in [0, 0.1) is 23.1 Å². The first-order chi connectivity index (χ1) is 12.0. The molecule has 2 rings (SSSR count). The van der Waals surface area contributed by atoms with Crippen LogP contribution in [0.4, 0.5) is 18.9 Å². The molecule has 0 radical (unpaired) electrons. The Morgan fingerprint density at radius 1 is 1.38 bits per heavy atom. The van der Waals surface area contributed by atoms with Gasteiger partial charge in [0.1, 0.15) is 11.9 Å². The molecular weight excluding hydrogens is 363 g/mol. The van der Waals surface area contributed by atoms with Crippen LogP contribution in [0.3, 0.4) is 0 Å². The van der Waals surface area contributed by atoms with E-state index in [4.69, 9.17) is 5.26 Å². The van der Waals surface area contributed by atoms with E-state index in [-0.39, 0.29) is 5.69 Å². The molecule has 0 saturated carbocycles. The Balaban J connectivity index is 2.46. The molecule has 1 aromatic rings. The number of ether oxygens (including phenoxy) is 1. The number of dihydropyridines is 1. The summed E-state index contributed by atoms with van der Waals surface area (Å²) in [6.07, 6.45) is 0.596. The van der Waals surface area contributed by atoms with Crippen LogP contribution in [-0.4, -0.2) is 32.8 Å². The first-order valence-corrected chi connectivity index (χ1v) is 11.2. The number of esters is 1. The Morgan fingerprint density at radius 2 is 2.04 bits per heavy atom. The fourth-order valence-corrected chi connectivity index (χ4v) is 3.57. The van der Waals surface area contributed by atoms with Gasteiger partial charge in [-0.3, -0.25) is 4.79 Å². The third kappa shape index (κ3) is 3.80. The van der Waals surface area contributed by atoms with E-state index >= 15 is 4.39 Å². The molecule has 0 aliphatic carbocycles. The maximum Gasteiger partial charge on any atom is 0.320 e. The molecule has 1 aliphatic heterocycles. The number of hydrogen-bond acceptors (Lipinski definition) is 5. The molecule has 0 spiro atoms. The predicted octanol–water partition coefficient (Wildman–Crippen LogP) is 3.03. The van der Waals surface area contributed by atoms with E-state index in [0.717, 1.165) is 12.3 Å². The minimum atomic E-state index is -2.96. The molecule has 2 unspecified atom stereocenters. The molecule has 1 heterocycles. The third-order valence-corrected chi connectivity index (χ3v) is 5.98. The molecular formula is C17H18F3N3O2Si. The highest BCUT2D eigenvalue weighted by atomic mass is 28.3. The summed E-state index contributed by atoms with van der Waals surface area (Å²) >= 11 is 0. The van der Waals surface area contributed by atoms with E-state index in [1.807, 2.05) is 19.6 Å². The molecule has 5 nitrogen and oxygen atoms in total. The van der Waals surface area contributed by atoms with Gasteiger partial charge in [0.25, 0.3) is 5.92 Å². The summed E-state index contributed by atoms with van der Waals surface area (Å²) in [5.74, 6) is -7.78. The Hall–Kier alpha value is -2.60. The lowest BCUT2D eigenvalue weighted by Gasteiger charge is -2.31. The van der Waals surface area contributed by atoms with Gasteiger partial charge in [-0.25, -0.2) is 13.8 Å². The number of aliphatic imine (C=N–C) groups is 1. The molecule has 1 aliphatic rings. The number of hydrogen-bond donors (Lipinski definition) is 1. The van der Waals surface area contributed by atoms with Crippen molar-refractivity contribution >= 4 is 30.6 Å². The first kappa shape index (κ1) is 19.7. The van der Waals surface area contributed by atoms with Gasteiger partial charge in [-0.2, -0.15) is 9.65 Å². The maximum absolute atomic E-state index is 15.4. The Labute approximate surface area is 150 Å². The van der Waals surface area contributed by atoms with Crippen molar-refractivity contribution in [2.45, 2.75) is 25.6 Å². The lowest BCUT2D eigenvalue weighted by molar-refractivity contribution is -0.147. The SMILES string of the molecule is COC(=O)C1C=C(F)C(C#N)=NC1(F)Nc1ccc([Si](C)(C)C)cc1F. The number of allylic oxidation sites excluding steroid dienone is 1. The minimum Gasteiger partial charge on any atom is -0.468 e. The largest absolute Gasteiger partial charge is 0.468 e. The lowest BCUT2D eigenvalue weighted by atomic mass is 9.99. The second-order valence-electron chi connectivity index (χ2n) is 6.83. The molecule has 1 N–H and O–H groups in total. The zero-order chi connectivity index (χ0) is 19.7. The topological polar surface area (TPSA) is 74.5 Å². The molecule has 2 atom stereocenters. The number of anilines is 1. The zero-order valence-corrected chi connectivity index (χ0v) is 15.7. The Morgan fingerprint density at radius 3 is 2.54 bits per heavy atom. The van der Waals surface area contributed by atoms with E-state index in [1.165, 1.54) is 18.2 Å². The first-order valence-electron chi connectivity index (χ1n) is 7.74. The summed E-state index contributed by atoms with van der Waals surface area (Å²) in [4.78, 5) is 15.2. The molecule has 0 bridgehead atoms. The molecule has 0 amide bonds. The smallest absolute Gasteiger partial charge is 0.320 e. The minimum absolute atomic E-state index is 0.264. The van der Waals surface area contributed by atoms with Gasteiger partial charge in [0.15, 0.2) is 17.5 Å². The monoisotopic (exact) mass is 381 g/mol. The van der Waals surface area contributed by atoms with E-state index in [1.54, 1.807) is 6.07 Å². The second kappa shape index (κ2) is 6.95. The Bertz CT molecular complexity index is 843. The highest BCUT2D eigenvalue weighted by Gasteiger charge is 2.48. The van der Waals surface area contributed by atoms with Gasteiger partial charge in [-0.05, 0) is 18.2 Å². The Kier molecular flexibility index (Phi) is 5.27. The van der Waals surface area contributed by atoms with Gasteiger partial charge in [0.05, 0.1) is 20.9 Å². The lowest BCUT2D eigenvalue weighted by Crippen LogP contribution is -2.46. The van der Waals surface area contributed by atoms with E-state index < -0.39 is 43.2 Å². The van der Waals surface area contributed by atoms with Crippen LogP contribution in [0.2, 0.25) is 19.6 Å². The maximum atomic E-state index is 15.4. The van der Waals surface area contributed by atoms with Crippen molar-refractivity contribution in [2.24, 2.45) is 10.9 Å². The van der Waals surface area contributed by atoms with Crippen LogP contribution in [0.15, 0.2) is 35.1 Å². The van der Waals surface area contributed by atoms with Crippen LogP contribution in [0.5, 0.6) is 0 Å². The van der Waals surface area contributed by atoms with Crippen molar-refractivity contribution in [1.29, 1.82) is 5.26 Å². The van der Waals surface area contributed by atoms with Gasteiger partial charge in [-0.15, -0.1) is 0 Å². The number of halogens is 3. The average molecular weight is 381 g/mol. The van der Waals surface area contributed by atoms with E-state index in [9.17, 15) is 13.6 Å². The van der Waals surface area contributed by atoms with Gasteiger partial charge >= 0.3 is 5.97 Å².